The van der Waals surface area contributed by atoms with Crippen molar-refractivity contribution in [2.75, 3.05) is 53.4 Å². The first kappa shape index (κ1) is 24.7. The quantitative estimate of drug-likeness (QED) is 0.691. The molecule has 0 unspecified atom stereocenters. The van der Waals surface area contributed by atoms with Gasteiger partial charge in [0, 0.05) is 37.8 Å². The molecule has 0 bridgehead atoms. The number of carbonyl (C=O) groups excluding carboxylic acids is 2. The Labute approximate surface area is 195 Å². The summed E-state index contributed by atoms with van der Waals surface area (Å²) in [6.07, 6.45) is 4.24. The van der Waals surface area contributed by atoms with Gasteiger partial charge < -0.3 is 19.9 Å². The summed E-state index contributed by atoms with van der Waals surface area (Å²) in [6.45, 7) is 5.42. The van der Waals surface area contributed by atoms with E-state index >= 15 is 0 Å². The Morgan fingerprint density at radius 2 is 1.72 bits per heavy atom. The molecule has 1 aromatic rings. The van der Waals surface area contributed by atoms with Crippen molar-refractivity contribution in [3.05, 3.63) is 29.6 Å². The van der Waals surface area contributed by atoms with Crippen LogP contribution in [0, 0.1) is 11.7 Å². The van der Waals surface area contributed by atoms with Crippen molar-refractivity contribution < 1.29 is 18.7 Å². The topological polar surface area (TPSA) is 65.1 Å². The highest BCUT2D eigenvalue weighted by molar-refractivity contribution is 5.98. The van der Waals surface area contributed by atoms with E-state index in [4.69, 9.17) is 4.74 Å². The predicted octanol–water partition coefficient (Wildman–Crippen LogP) is 2.00. The van der Waals surface area contributed by atoms with Gasteiger partial charge in [-0.25, -0.2) is 4.39 Å². The summed E-state index contributed by atoms with van der Waals surface area (Å²) in [5.41, 5.74) is 0.198. The highest BCUT2D eigenvalue weighted by Gasteiger charge is 2.40. The molecule has 1 saturated carbocycles. The molecule has 0 aromatic heterocycles. The fourth-order valence-corrected chi connectivity index (χ4v) is 4.71. The van der Waals surface area contributed by atoms with E-state index in [2.05, 4.69) is 22.2 Å². The minimum absolute atomic E-state index is 0. The number of carbonyl (C=O) groups is 2. The van der Waals surface area contributed by atoms with Crippen molar-refractivity contribution in [3.63, 3.8) is 0 Å². The third-order valence-corrected chi connectivity index (χ3v) is 6.89. The van der Waals surface area contributed by atoms with Crippen molar-refractivity contribution in [2.45, 2.75) is 37.8 Å². The second-order valence-corrected chi connectivity index (χ2v) is 9.03. The van der Waals surface area contributed by atoms with Crippen LogP contribution in [0.15, 0.2) is 18.2 Å². The Balaban J connectivity index is 0.00000289. The highest BCUT2D eigenvalue weighted by Crippen LogP contribution is 2.34. The maximum Gasteiger partial charge on any atom is 0.252 e. The first-order valence-electron chi connectivity index (χ1n) is 11.3. The molecule has 2 amide bonds. The lowest BCUT2D eigenvalue weighted by atomic mass is 10.0. The number of hydrogen-bond donors (Lipinski definition) is 1. The van der Waals surface area contributed by atoms with E-state index in [1.165, 1.54) is 32.1 Å². The smallest absolute Gasteiger partial charge is 0.252 e. The number of hydrogen-bond acceptors (Lipinski definition) is 5. The molecule has 2 saturated heterocycles. The van der Waals surface area contributed by atoms with E-state index in [1.807, 2.05) is 4.90 Å². The number of ether oxygens (including phenoxy) is 1. The number of benzene rings is 1. The van der Waals surface area contributed by atoms with Crippen LogP contribution in [0.3, 0.4) is 0 Å². The summed E-state index contributed by atoms with van der Waals surface area (Å²) in [4.78, 5) is 32.7. The molecule has 1 atom stereocenters. The molecule has 3 aliphatic rings. The minimum atomic E-state index is -0.588. The Morgan fingerprint density at radius 3 is 2.28 bits per heavy atom. The monoisotopic (exact) mass is 468 g/mol. The molecule has 3 fully saturated rings. The minimum Gasteiger partial charge on any atom is -0.494 e. The van der Waals surface area contributed by atoms with Crippen LogP contribution in [0.1, 0.15) is 36.0 Å². The van der Waals surface area contributed by atoms with E-state index in [0.29, 0.717) is 19.1 Å². The number of nitrogens with zero attached hydrogens (tertiary/aromatic N) is 3. The van der Waals surface area contributed by atoms with Crippen LogP contribution in [-0.2, 0) is 4.79 Å². The fraction of sp³-hybridized carbons (Fsp3) is 0.652. The molecule has 1 N–H and O–H groups in total. The van der Waals surface area contributed by atoms with E-state index < -0.39 is 17.8 Å². The van der Waals surface area contributed by atoms with Crippen LogP contribution in [0.2, 0.25) is 0 Å². The van der Waals surface area contributed by atoms with Gasteiger partial charge in [0.15, 0.2) is 11.6 Å². The fourth-order valence-electron chi connectivity index (χ4n) is 4.71. The summed E-state index contributed by atoms with van der Waals surface area (Å²) < 4.78 is 18.9. The van der Waals surface area contributed by atoms with Gasteiger partial charge in [-0.1, -0.05) is 0 Å². The SMILES string of the molecule is COc1ccc(C(=O)N[C@@H](C(=O)N2CCN(C3CCN(C)CC3)CC2)C2CC2)cc1F.Cl. The molecule has 2 heterocycles. The Morgan fingerprint density at radius 1 is 1.06 bits per heavy atom. The lowest BCUT2D eigenvalue weighted by Crippen LogP contribution is -2.58. The molecular weight excluding hydrogens is 435 g/mol. The number of piperazine rings is 1. The second kappa shape index (κ2) is 10.8. The molecule has 1 aliphatic carbocycles. The zero-order valence-corrected chi connectivity index (χ0v) is 19.7. The molecule has 0 spiro atoms. The highest BCUT2D eigenvalue weighted by atomic mass is 35.5. The lowest BCUT2D eigenvalue weighted by Gasteiger charge is -2.42. The van der Waals surface area contributed by atoms with Crippen molar-refractivity contribution in [1.29, 1.82) is 0 Å². The largest absolute Gasteiger partial charge is 0.494 e. The molecular formula is C23H34ClFN4O3. The molecule has 1 aromatic carbocycles. The summed E-state index contributed by atoms with van der Waals surface area (Å²) in [6, 6.07) is 4.18. The van der Waals surface area contributed by atoms with Crippen LogP contribution in [0.4, 0.5) is 4.39 Å². The first-order valence-corrected chi connectivity index (χ1v) is 11.3. The van der Waals surface area contributed by atoms with Crippen LogP contribution >= 0.6 is 12.4 Å². The number of methoxy groups -OCH3 is 1. The number of nitrogens with one attached hydrogen (secondary N) is 1. The standard InChI is InChI=1S/C23H33FN4O3.ClH/c1-26-9-7-18(8-10-26)27-11-13-28(14-12-27)23(30)21(16-3-4-16)25-22(29)17-5-6-20(31-2)19(24)15-17;/h5-6,15-16,18,21H,3-4,7-14H2,1-2H3,(H,25,29);1H/t21-;/m1./s1. The summed E-state index contributed by atoms with van der Waals surface area (Å²) in [5.74, 6) is -0.751. The van der Waals surface area contributed by atoms with E-state index in [1.54, 1.807) is 0 Å². The second-order valence-electron chi connectivity index (χ2n) is 9.03. The average molecular weight is 469 g/mol. The van der Waals surface area contributed by atoms with Crippen molar-refractivity contribution in [3.8, 4) is 5.75 Å². The van der Waals surface area contributed by atoms with E-state index in [0.717, 1.165) is 45.1 Å². The van der Waals surface area contributed by atoms with E-state index in [-0.39, 0.29) is 35.5 Å². The molecule has 0 radical (unpaired) electrons. The molecule has 178 valence electrons. The number of rotatable bonds is 6. The van der Waals surface area contributed by atoms with Gasteiger partial charge in [0.2, 0.25) is 5.91 Å². The van der Waals surface area contributed by atoms with Gasteiger partial charge in [-0.15, -0.1) is 12.4 Å². The summed E-state index contributed by atoms with van der Waals surface area (Å²) in [5, 5.41) is 2.88. The number of halogens is 2. The molecule has 4 rings (SSSR count). The number of piperidine rings is 1. The van der Waals surface area contributed by atoms with Crippen molar-refractivity contribution >= 4 is 24.2 Å². The third-order valence-electron chi connectivity index (χ3n) is 6.89. The Kier molecular flexibility index (Phi) is 8.36. The zero-order chi connectivity index (χ0) is 22.0. The number of amides is 2. The molecule has 7 nitrogen and oxygen atoms in total. The summed E-state index contributed by atoms with van der Waals surface area (Å²) in [7, 11) is 3.55. The lowest BCUT2D eigenvalue weighted by molar-refractivity contribution is -0.136. The van der Waals surface area contributed by atoms with Gasteiger partial charge >= 0.3 is 0 Å². The maximum absolute atomic E-state index is 14.0. The predicted molar refractivity (Wildman–Crippen MR) is 123 cm³/mol. The van der Waals surface area contributed by atoms with Crippen molar-refractivity contribution in [1.82, 2.24) is 20.0 Å². The van der Waals surface area contributed by atoms with Gasteiger partial charge in [-0.3, -0.25) is 14.5 Å². The average Bonchev–Trinajstić information content (AvgIpc) is 3.63. The molecule has 9 heteroatoms. The van der Waals surface area contributed by atoms with Gasteiger partial charge in [0.25, 0.3) is 5.91 Å². The van der Waals surface area contributed by atoms with Gasteiger partial charge in [-0.05, 0) is 69.9 Å². The normalized spacial score (nSPS) is 21.5. The van der Waals surface area contributed by atoms with Crippen molar-refractivity contribution in [2.24, 2.45) is 5.92 Å². The van der Waals surface area contributed by atoms with Crippen LogP contribution in [0.25, 0.3) is 0 Å². The van der Waals surface area contributed by atoms with Crippen LogP contribution in [-0.4, -0.2) is 92.0 Å². The van der Waals surface area contributed by atoms with Gasteiger partial charge in [-0.2, -0.15) is 0 Å². The Hall–Kier alpha value is -1.90. The van der Waals surface area contributed by atoms with Gasteiger partial charge in [0.1, 0.15) is 6.04 Å². The molecule has 32 heavy (non-hydrogen) atoms. The first-order chi connectivity index (χ1) is 15.0. The van der Waals surface area contributed by atoms with Crippen LogP contribution < -0.4 is 10.1 Å². The maximum atomic E-state index is 14.0. The number of likely N-dealkylation sites (tertiary alicyclic amines) is 1. The zero-order valence-electron chi connectivity index (χ0n) is 18.9. The third kappa shape index (κ3) is 5.71. The van der Waals surface area contributed by atoms with E-state index in [9.17, 15) is 14.0 Å². The Bertz CT molecular complexity index is 806. The van der Waals surface area contributed by atoms with Gasteiger partial charge in [0.05, 0.1) is 7.11 Å². The van der Waals surface area contributed by atoms with Crippen LogP contribution in [0.5, 0.6) is 5.75 Å². The molecule has 2 aliphatic heterocycles. The summed E-state index contributed by atoms with van der Waals surface area (Å²) >= 11 is 0.